The molecule has 0 spiro atoms. The molecule has 1 heterocycles. The van der Waals surface area contributed by atoms with E-state index in [1.807, 2.05) is 0 Å². The molecule has 0 radical (unpaired) electrons. The first-order valence-electron chi connectivity index (χ1n) is 6.45. The van der Waals surface area contributed by atoms with E-state index in [2.05, 4.69) is 36.0 Å². The zero-order valence-electron chi connectivity index (χ0n) is 11.6. The maximum atomic E-state index is 5.40. The summed E-state index contributed by atoms with van der Waals surface area (Å²) in [6.07, 6.45) is 7.04. The van der Waals surface area contributed by atoms with Gasteiger partial charge >= 0.3 is 0 Å². The fraction of sp³-hybridized carbons (Fsp3) is 0.846. The first kappa shape index (κ1) is 14.3. The largest absolute Gasteiger partial charge is 0.380 e. The summed E-state index contributed by atoms with van der Waals surface area (Å²) in [5.74, 6) is 0. The van der Waals surface area contributed by atoms with Crippen molar-refractivity contribution in [1.29, 1.82) is 0 Å². The zero-order chi connectivity index (χ0) is 12.7. The van der Waals surface area contributed by atoms with Crippen LogP contribution in [0.15, 0.2) is 12.4 Å². The van der Waals surface area contributed by atoms with Crippen LogP contribution in [0, 0.1) is 0 Å². The van der Waals surface area contributed by atoms with Crippen LogP contribution in [0.3, 0.4) is 0 Å². The highest BCUT2D eigenvalue weighted by molar-refractivity contribution is 4.92. The van der Waals surface area contributed by atoms with E-state index in [4.69, 9.17) is 9.47 Å². The van der Waals surface area contributed by atoms with Gasteiger partial charge in [-0.3, -0.25) is 0 Å². The second-order valence-electron chi connectivity index (χ2n) is 4.51. The van der Waals surface area contributed by atoms with Gasteiger partial charge in [0.2, 0.25) is 0 Å². The minimum absolute atomic E-state index is 0.323. The average Bonchev–Trinajstić information content (AvgIpc) is 2.80. The van der Waals surface area contributed by atoms with E-state index in [0.29, 0.717) is 12.2 Å². The Morgan fingerprint density at radius 1 is 0.941 bits per heavy atom. The average molecular weight is 242 g/mol. The van der Waals surface area contributed by atoms with Crippen LogP contribution < -0.4 is 0 Å². The van der Waals surface area contributed by atoms with Crippen molar-refractivity contribution in [2.75, 3.05) is 34.0 Å². The SMILES string of the molecule is CCC(CN1C=CN(CC(CC)OC)C1)OC. The summed E-state index contributed by atoms with van der Waals surface area (Å²) in [5, 5.41) is 0. The Hall–Kier alpha value is -0.740. The van der Waals surface area contributed by atoms with E-state index >= 15 is 0 Å². The van der Waals surface area contributed by atoms with Crippen molar-refractivity contribution in [3.63, 3.8) is 0 Å². The van der Waals surface area contributed by atoms with E-state index in [-0.39, 0.29) is 0 Å². The van der Waals surface area contributed by atoms with Gasteiger partial charge in [-0.2, -0.15) is 0 Å². The topological polar surface area (TPSA) is 24.9 Å². The monoisotopic (exact) mass is 242 g/mol. The van der Waals surface area contributed by atoms with Gasteiger partial charge < -0.3 is 19.3 Å². The molecule has 4 nitrogen and oxygen atoms in total. The minimum atomic E-state index is 0.323. The molecule has 4 heteroatoms. The van der Waals surface area contributed by atoms with Gasteiger partial charge in [0, 0.05) is 39.7 Å². The molecule has 100 valence electrons. The number of nitrogens with zero attached hydrogens (tertiary/aromatic N) is 2. The Labute approximate surface area is 105 Å². The quantitative estimate of drug-likeness (QED) is 0.649. The molecule has 0 aromatic heterocycles. The van der Waals surface area contributed by atoms with Crippen molar-refractivity contribution >= 4 is 0 Å². The molecule has 0 aromatic rings. The molecule has 17 heavy (non-hydrogen) atoms. The smallest absolute Gasteiger partial charge is 0.0896 e. The normalized spacial score (nSPS) is 18.8. The highest BCUT2D eigenvalue weighted by atomic mass is 16.5. The molecular weight excluding hydrogens is 216 g/mol. The third kappa shape index (κ3) is 4.56. The zero-order valence-corrected chi connectivity index (χ0v) is 11.6. The molecule has 0 saturated carbocycles. The lowest BCUT2D eigenvalue weighted by Crippen LogP contribution is -2.35. The lowest BCUT2D eigenvalue weighted by Gasteiger charge is -2.26. The Balaban J connectivity index is 2.30. The molecule has 0 bridgehead atoms. The lowest BCUT2D eigenvalue weighted by atomic mass is 10.2. The number of rotatable bonds is 8. The third-order valence-corrected chi connectivity index (χ3v) is 3.31. The third-order valence-electron chi connectivity index (χ3n) is 3.31. The van der Waals surface area contributed by atoms with E-state index in [0.717, 1.165) is 32.6 Å². The molecule has 0 aliphatic carbocycles. The molecule has 0 aromatic carbocycles. The summed E-state index contributed by atoms with van der Waals surface area (Å²) in [6.45, 7) is 7.18. The molecular formula is C13H26N2O2. The molecule has 1 aliphatic heterocycles. The summed E-state index contributed by atoms with van der Waals surface area (Å²) in [4.78, 5) is 4.58. The molecule has 0 fully saturated rings. The molecule has 0 N–H and O–H groups in total. The van der Waals surface area contributed by atoms with Gasteiger partial charge in [-0.15, -0.1) is 0 Å². The van der Waals surface area contributed by atoms with Crippen LogP contribution >= 0.6 is 0 Å². The van der Waals surface area contributed by atoms with Gasteiger partial charge in [0.1, 0.15) is 0 Å². The Morgan fingerprint density at radius 3 is 1.65 bits per heavy atom. The first-order valence-corrected chi connectivity index (χ1v) is 6.45. The van der Waals surface area contributed by atoms with Gasteiger partial charge in [0.25, 0.3) is 0 Å². The highest BCUT2D eigenvalue weighted by Crippen LogP contribution is 2.11. The predicted octanol–water partition coefficient (Wildman–Crippen LogP) is 1.88. The Kier molecular flexibility index (Phi) is 6.37. The number of hydrogen-bond donors (Lipinski definition) is 0. The van der Waals surface area contributed by atoms with Crippen molar-refractivity contribution in [1.82, 2.24) is 9.80 Å². The van der Waals surface area contributed by atoms with Crippen LogP contribution in [0.2, 0.25) is 0 Å². The molecule has 2 atom stereocenters. The van der Waals surface area contributed by atoms with Gasteiger partial charge in [-0.1, -0.05) is 13.8 Å². The van der Waals surface area contributed by atoms with Gasteiger partial charge in [-0.05, 0) is 12.8 Å². The number of ether oxygens (including phenoxy) is 2. The summed E-state index contributed by atoms with van der Waals surface area (Å²) in [5.41, 5.74) is 0. The molecule has 2 unspecified atom stereocenters. The van der Waals surface area contributed by atoms with Crippen molar-refractivity contribution in [3.8, 4) is 0 Å². The maximum Gasteiger partial charge on any atom is 0.0896 e. The van der Waals surface area contributed by atoms with Crippen LogP contribution in [0.4, 0.5) is 0 Å². The van der Waals surface area contributed by atoms with E-state index < -0.39 is 0 Å². The highest BCUT2D eigenvalue weighted by Gasteiger charge is 2.18. The summed E-state index contributed by atoms with van der Waals surface area (Å²) >= 11 is 0. The first-order chi connectivity index (χ1) is 8.23. The van der Waals surface area contributed by atoms with Crippen LogP contribution in [0.1, 0.15) is 26.7 Å². The van der Waals surface area contributed by atoms with E-state index in [1.165, 1.54) is 0 Å². The van der Waals surface area contributed by atoms with Crippen LogP contribution in [-0.2, 0) is 9.47 Å². The lowest BCUT2D eigenvalue weighted by molar-refractivity contribution is 0.0523. The van der Waals surface area contributed by atoms with Crippen LogP contribution in [0.5, 0.6) is 0 Å². The van der Waals surface area contributed by atoms with Crippen molar-refractivity contribution in [2.24, 2.45) is 0 Å². The van der Waals surface area contributed by atoms with Crippen molar-refractivity contribution in [3.05, 3.63) is 12.4 Å². The summed E-state index contributed by atoms with van der Waals surface area (Å²) < 4.78 is 10.8. The maximum absolute atomic E-state index is 5.40. The van der Waals surface area contributed by atoms with Gasteiger partial charge in [0.05, 0.1) is 18.9 Å². The molecule has 0 saturated heterocycles. The van der Waals surface area contributed by atoms with Gasteiger partial charge in [0.15, 0.2) is 0 Å². The minimum Gasteiger partial charge on any atom is -0.380 e. The second-order valence-corrected chi connectivity index (χ2v) is 4.51. The summed E-state index contributed by atoms with van der Waals surface area (Å²) in [6, 6.07) is 0. The van der Waals surface area contributed by atoms with Gasteiger partial charge in [-0.25, -0.2) is 0 Å². The van der Waals surface area contributed by atoms with E-state index in [1.54, 1.807) is 14.2 Å². The van der Waals surface area contributed by atoms with Crippen molar-refractivity contribution in [2.45, 2.75) is 38.9 Å². The second kappa shape index (κ2) is 7.56. The molecule has 1 rings (SSSR count). The predicted molar refractivity (Wildman–Crippen MR) is 69.6 cm³/mol. The molecule has 1 aliphatic rings. The fourth-order valence-electron chi connectivity index (χ4n) is 2.02. The summed E-state index contributed by atoms with van der Waals surface area (Å²) in [7, 11) is 3.56. The van der Waals surface area contributed by atoms with Crippen molar-refractivity contribution < 1.29 is 9.47 Å². The fourth-order valence-corrected chi connectivity index (χ4v) is 2.02. The van der Waals surface area contributed by atoms with Crippen LogP contribution in [-0.4, -0.2) is 56.0 Å². The standard InChI is InChI=1S/C13H26N2O2/c1-5-12(16-3)9-14-7-8-15(11-14)10-13(6-2)17-4/h7-8,12-13H,5-6,9-11H2,1-4H3. The Bertz CT molecular complexity index is 203. The number of methoxy groups -OCH3 is 2. The Morgan fingerprint density at radius 2 is 1.35 bits per heavy atom. The van der Waals surface area contributed by atoms with E-state index in [9.17, 15) is 0 Å². The van der Waals surface area contributed by atoms with Crippen LogP contribution in [0.25, 0.3) is 0 Å². The number of hydrogen-bond acceptors (Lipinski definition) is 4. The molecule has 0 amide bonds.